The fourth-order valence-electron chi connectivity index (χ4n) is 0.219. The summed E-state index contributed by atoms with van der Waals surface area (Å²) >= 11 is 2.09. The predicted octanol–water partition coefficient (Wildman–Crippen LogP) is 0.479. The highest BCUT2D eigenvalue weighted by Gasteiger charge is 2.09. The Bertz CT molecular complexity index is 50.1. The van der Waals surface area contributed by atoms with E-state index in [0.717, 1.165) is 0 Å². The Balaban J connectivity index is 3.15. The van der Waals surface area contributed by atoms with Crippen molar-refractivity contribution in [3.63, 3.8) is 0 Å². The quantitative estimate of drug-likeness (QED) is 0.399. The van der Waals surface area contributed by atoms with Gasteiger partial charge in [0.15, 0.2) is 0 Å². The van der Waals surface area contributed by atoms with Crippen LogP contribution >= 0.6 is 22.6 Å². The molecule has 0 heterocycles. The van der Waals surface area contributed by atoms with Gasteiger partial charge < -0.3 is 10.8 Å². The van der Waals surface area contributed by atoms with Crippen LogP contribution in [0.3, 0.4) is 0 Å². The van der Waals surface area contributed by atoms with Gasteiger partial charge in [0.1, 0.15) is 0 Å². The molecule has 0 aromatic heterocycles. The second-order valence-electron chi connectivity index (χ2n) is 1.75. The molecule has 0 amide bonds. The second kappa shape index (κ2) is 2.84. The van der Waals surface area contributed by atoms with Crippen LogP contribution < -0.4 is 5.73 Å². The average Bonchev–Trinajstić information content (AvgIpc) is 1.30. The lowest BCUT2D eigenvalue weighted by Gasteiger charge is -2.12. The van der Waals surface area contributed by atoms with Crippen molar-refractivity contribution in [1.29, 1.82) is 0 Å². The summed E-state index contributed by atoms with van der Waals surface area (Å²) in [6.07, 6.45) is 0.660. The standard InChI is InChI=1S/C4H10INO/c1-4(5,6)2-3-7/h7H,2-3,6H2,1H3. The van der Waals surface area contributed by atoms with Crippen molar-refractivity contribution in [2.75, 3.05) is 6.61 Å². The van der Waals surface area contributed by atoms with Crippen LogP contribution in [0.2, 0.25) is 0 Å². The van der Waals surface area contributed by atoms with Gasteiger partial charge in [-0.1, -0.05) is 22.6 Å². The van der Waals surface area contributed by atoms with Crippen LogP contribution in [0.5, 0.6) is 0 Å². The summed E-state index contributed by atoms with van der Waals surface area (Å²) in [6.45, 7) is 2.06. The van der Waals surface area contributed by atoms with Crippen LogP contribution in [0.1, 0.15) is 13.3 Å². The minimum atomic E-state index is -0.230. The van der Waals surface area contributed by atoms with Crippen molar-refractivity contribution < 1.29 is 5.11 Å². The van der Waals surface area contributed by atoms with Gasteiger partial charge in [-0.05, 0) is 13.3 Å². The first-order valence-corrected chi connectivity index (χ1v) is 3.23. The van der Waals surface area contributed by atoms with E-state index in [1.165, 1.54) is 0 Å². The second-order valence-corrected chi connectivity index (χ2v) is 4.22. The van der Waals surface area contributed by atoms with Crippen molar-refractivity contribution in [2.24, 2.45) is 5.73 Å². The minimum absolute atomic E-state index is 0.177. The highest BCUT2D eigenvalue weighted by Crippen LogP contribution is 2.12. The summed E-state index contributed by atoms with van der Waals surface area (Å²) in [5.74, 6) is 0. The molecular formula is C4H10INO. The molecule has 0 aromatic carbocycles. The Morgan fingerprint density at radius 1 is 1.86 bits per heavy atom. The molecule has 2 nitrogen and oxygen atoms in total. The average molecular weight is 215 g/mol. The van der Waals surface area contributed by atoms with Crippen LogP contribution in [0, 0.1) is 0 Å². The zero-order valence-corrected chi connectivity index (χ0v) is 6.47. The molecule has 0 aliphatic rings. The third-order valence-corrected chi connectivity index (χ3v) is 1.14. The van der Waals surface area contributed by atoms with Gasteiger partial charge in [-0.2, -0.15) is 0 Å². The van der Waals surface area contributed by atoms with Gasteiger partial charge in [0.2, 0.25) is 0 Å². The van der Waals surface area contributed by atoms with E-state index < -0.39 is 0 Å². The molecule has 0 spiro atoms. The first-order valence-electron chi connectivity index (χ1n) is 2.15. The van der Waals surface area contributed by atoms with Crippen molar-refractivity contribution in [3.05, 3.63) is 0 Å². The Morgan fingerprint density at radius 3 is 2.29 bits per heavy atom. The Morgan fingerprint density at radius 2 is 2.29 bits per heavy atom. The summed E-state index contributed by atoms with van der Waals surface area (Å²) in [6, 6.07) is 0. The van der Waals surface area contributed by atoms with Gasteiger partial charge in [0.25, 0.3) is 0 Å². The van der Waals surface area contributed by atoms with Gasteiger partial charge in [-0.25, -0.2) is 0 Å². The molecule has 0 rings (SSSR count). The maximum Gasteiger partial charge on any atom is 0.0673 e. The molecule has 3 heteroatoms. The third-order valence-electron chi connectivity index (χ3n) is 0.601. The molecule has 7 heavy (non-hydrogen) atoms. The zero-order valence-electron chi connectivity index (χ0n) is 4.32. The lowest BCUT2D eigenvalue weighted by molar-refractivity contribution is 0.276. The first-order chi connectivity index (χ1) is 3.06. The molecule has 1 unspecified atom stereocenters. The molecule has 0 aromatic rings. The maximum atomic E-state index is 8.32. The molecule has 0 radical (unpaired) electrons. The van der Waals surface area contributed by atoms with Crippen LogP contribution in [-0.2, 0) is 0 Å². The third kappa shape index (κ3) is 6.65. The molecule has 0 saturated carbocycles. The maximum absolute atomic E-state index is 8.32. The molecule has 0 bridgehead atoms. The largest absolute Gasteiger partial charge is 0.396 e. The van der Waals surface area contributed by atoms with Crippen LogP contribution in [-0.4, -0.2) is 15.3 Å². The molecule has 0 fully saturated rings. The number of alkyl halides is 1. The van der Waals surface area contributed by atoms with E-state index in [4.69, 9.17) is 10.8 Å². The number of aliphatic hydroxyl groups is 1. The van der Waals surface area contributed by atoms with Crippen LogP contribution in [0.4, 0.5) is 0 Å². The van der Waals surface area contributed by atoms with E-state index in [9.17, 15) is 0 Å². The monoisotopic (exact) mass is 215 g/mol. The lowest BCUT2D eigenvalue weighted by atomic mass is 10.3. The molecule has 3 N–H and O–H groups in total. The van der Waals surface area contributed by atoms with E-state index in [1.54, 1.807) is 0 Å². The summed E-state index contributed by atoms with van der Waals surface area (Å²) in [5, 5.41) is 8.32. The minimum Gasteiger partial charge on any atom is -0.396 e. The van der Waals surface area contributed by atoms with E-state index in [1.807, 2.05) is 6.92 Å². The van der Waals surface area contributed by atoms with Crippen molar-refractivity contribution in [2.45, 2.75) is 16.9 Å². The number of hydrogen-bond donors (Lipinski definition) is 2. The van der Waals surface area contributed by atoms with Crippen molar-refractivity contribution >= 4 is 22.6 Å². The van der Waals surface area contributed by atoms with Crippen molar-refractivity contribution in [3.8, 4) is 0 Å². The summed E-state index contributed by atoms with van der Waals surface area (Å²) in [4.78, 5) is 0. The molecule has 44 valence electrons. The SMILES string of the molecule is CC(N)(I)CCO. The smallest absolute Gasteiger partial charge is 0.0673 e. The Kier molecular flexibility index (Phi) is 3.10. The highest BCUT2D eigenvalue weighted by atomic mass is 127. The van der Waals surface area contributed by atoms with Crippen LogP contribution in [0.15, 0.2) is 0 Å². The predicted molar refractivity (Wildman–Crippen MR) is 38.3 cm³/mol. The van der Waals surface area contributed by atoms with Crippen molar-refractivity contribution in [1.82, 2.24) is 0 Å². The van der Waals surface area contributed by atoms with Gasteiger partial charge in [-0.15, -0.1) is 0 Å². The van der Waals surface area contributed by atoms with E-state index >= 15 is 0 Å². The number of halogens is 1. The van der Waals surface area contributed by atoms with Gasteiger partial charge in [0, 0.05) is 6.61 Å². The molecule has 0 aliphatic carbocycles. The number of rotatable bonds is 2. The Labute approximate surface area is 57.2 Å². The summed E-state index contributed by atoms with van der Waals surface area (Å²) in [7, 11) is 0. The topological polar surface area (TPSA) is 46.2 Å². The highest BCUT2D eigenvalue weighted by molar-refractivity contribution is 14.1. The van der Waals surface area contributed by atoms with Gasteiger partial charge in [0.05, 0.1) is 3.55 Å². The number of aliphatic hydroxyl groups excluding tert-OH is 1. The van der Waals surface area contributed by atoms with E-state index in [2.05, 4.69) is 22.6 Å². The Hall–Kier alpha value is 0.650. The first kappa shape index (κ1) is 7.65. The normalized spacial score (nSPS) is 18.9. The van der Waals surface area contributed by atoms with E-state index in [0.29, 0.717) is 6.42 Å². The number of hydrogen-bond acceptors (Lipinski definition) is 2. The molecule has 0 aliphatic heterocycles. The zero-order chi connectivity index (χ0) is 5.91. The molecule has 0 saturated heterocycles. The molecular weight excluding hydrogens is 205 g/mol. The van der Waals surface area contributed by atoms with Gasteiger partial charge in [-0.3, -0.25) is 0 Å². The lowest BCUT2D eigenvalue weighted by Crippen LogP contribution is -2.28. The van der Waals surface area contributed by atoms with E-state index in [-0.39, 0.29) is 10.2 Å². The number of nitrogens with two attached hydrogens (primary N) is 1. The fraction of sp³-hybridized carbons (Fsp3) is 1.00. The molecule has 1 atom stereocenters. The fourth-order valence-corrected chi connectivity index (χ4v) is 0.460. The van der Waals surface area contributed by atoms with Crippen LogP contribution in [0.25, 0.3) is 0 Å². The summed E-state index contributed by atoms with van der Waals surface area (Å²) in [5.41, 5.74) is 5.47. The summed E-state index contributed by atoms with van der Waals surface area (Å²) < 4.78 is -0.230. The van der Waals surface area contributed by atoms with Gasteiger partial charge >= 0.3 is 0 Å².